The molecule has 35 heavy (non-hydrogen) atoms. The molecule has 1 amide bonds. The Kier molecular flexibility index (Phi) is 5.41. The van der Waals surface area contributed by atoms with E-state index in [0.717, 1.165) is 52.4 Å². The van der Waals surface area contributed by atoms with Crippen LogP contribution >= 0.6 is 0 Å². The van der Waals surface area contributed by atoms with Crippen molar-refractivity contribution in [1.29, 1.82) is 0 Å². The number of amides is 1. The number of imidazole rings is 1. The normalized spacial score (nSPS) is 16.4. The molecule has 1 N–H and O–H groups in total. The van der Waals surface area contributed by atoms with E-state index in [1.165, 1.54) is 0 Å². The summed E-state index contributed by atoms with van der Waals surface area (Å²) < 4.78 is 18.8. The zero-order valence-electron chi connectivity index (χ0n) is 19.6. The Morgan fingerprint density at radius 1 is 1.00 bits per heavy atom. The minimum Gasteiger partial charge on any atom is -0.454 e. The molecule has 1 fully saturated rings. The van der Waals surface area contributed by atoms with E-state index < -0.39 is 0 Å². The van der Waals surface area contributed by atoms with E-state index >= 15 is 0 Å². The molecule has 6 rings (SSSR count). The number of aromatic nitrogens is 2. The summed E-state index contributed by atoms with van der Waals surface area (Å²) in [7, 11) is 0. The highest BCUT2D eigenvalue weighted by Gasteiger charge is 2.36. The minimum atomic E-state index is -0.218. The fraction of sp³-hybridized carbons (Fsp3) is 0.286. The molecular formula is C28H27N3O4. The summed E-state index contributed by atoms with van der Waals surface area (Å²) in [5, 5.41) is 3.19. The molecule has 7 nitrogen and oxygen atoms in total. The molecule has 3 heterocycles. The maximum atomic E-state index is 13.2. The summed E-state index contributed by atoms with van der Waals surface area (Å²) in [6.45, 7) is 4.06. The van der Waals surface area contributed by atoms with Crippen LogP contribution in [-0.4, -0.2) is 42.0 Å². The van der Waals surface area contributed by atoms with Crippen molar-refractivity contribution in [2.45, 2.75) is 25.2 Å². The lowest BCUT2D eigenvalue weighted by molar-refractivity contribution is 0.0486. The first kappa shape index (κ1) is 21.7. The minimum absolute atomic E-state index is 0.106. The number of para-hydroxylation sites is 1. The van der Waals surface area contributed by atoms with Crippen LogP contribution in [0.5, 0.6) is 11.5 Å². The fourth-order valence-electron chi connectivity index (χ4n) is 5.15. The highest BCUT2D eigenvalue weighted by molar-refractivity contribution is 5.97. The summed E-state index contributed by atoms with van der Waals surface area (Å²) in [6.07, 6.45) is 1.65. The van der Waals surface area contributed by atoms with Crippen molar-refractivity contribution in [3.8, 4) is 17.2 Å². The van der Waals surface area contributed by atoms with Gasteiger partial charge in [-0.05, 0) is 67.8 Å². The van der Waals surface area contributed by atoms with Crippen molar-refractivity contribution < 1.29 is 19.0 Å². The molecule has 178 valence electrons. The van der Waals surface area contributed by atoms with E-state index in [0.29, 0.717) is 25.3 Å². The maximum Gasteiger partial charge on any atom is 0.251 e. The van der Waals surface area contributed by atoms with Gasteiger partial charge < -0.3 is 19.5 Å². The molecular weight excluding hydrogens is 442 g/mol. The van der Waals surface area contributed by atoms with Crippen LogP contribution in [0.2, 0.25) is 0 Å². The maximum absolute atomic E-state index is 13.2. The predicted molar refractivity (Wildman–Crippen MR) is 132 cm³/mol. The van der Waals surface area contributed by atoms with E-state index in [2.05, 4.69) is 28.1 Å². The monoisotopic (exact) mass is 469 g/mol. The van der Waals surface area contributed by atoms with Crippen molar-refractivity contribution in [3.63, 3.8) is 0 Å². The van der Waals surface area contributed by atoms with Crippen LogP contribution in [0.25, 0.3) is 16.7 Å². The lowest BCUT2D eigenvalue weighted by atomic mass is 9.74. The summed E-state index contributed by atoms with van der Waals surface area (Å²) in [4.78, 5) is 17.9. The average molecular weight is 470 g/mol. The number of ether oxygens (including phenoxy) is 3. The number of carbonyl (C=O) groups excluding carboxylic acids is 1. The van der Waals surface area contributed by atoms with Crippen LogP contribution in [0.15, 0.2) is 66.7 Å². The quantitative estimate of drug-likeness (QED) is 0.465. The number of hydrogen-bond acceptors (Lipinski definition) is 5. The number of rotatable bonds is 5. The summed E-state index contributed by atoms with van der Waals surface area (Å²) in [6, 6.07) is 21.9. The van der Waals surface area contributed by atoms with E-state index in [4.69, 9.17) is 19.2 Å². The fourth-order valence-corrected chi connectivity index (χ4v) is 5.15. The molecule has 0 radical (unpaired) electrons. The molecule has 1 aromatic heterocycles. The Morgan fingerprint density at radius 3 is 2.63 bits per heavy atom. The van der Waals surface area contributed by atoms with Crippen LogP contribution in [0, 0.1) is 6.92 Å². The molecule has 7 heteroatoms. The van der Waals surface area contributed by atoms with Gasteiger partial charge in [-0.25, -0.2) is 4.98 Å². The van der Waals surface area contributed by atoms with E-state index in [-0.39, 0.29) is 18.1 Å². The molecule has 0 unspecified atom stereocenters. The SMILES string of the molecule is Cc1nc2cc(C(=O)NCC3(c4ccc5c(c4)OCO5)CCOCC3)ccc2n1-c1ccccc1. The molecule has 4 aromatic rings. The molecule has 0 bridgehead atoms. The Hall–Kier alpha value is -3.84. The van der Waals surface area contributed by atoms with Gasteiger partial charge in [0, 0.05) is 36.4 Å². The standard InChI is InChI=1S/C28H27N3O4/c1-19-30-23-15-20(7-9-24(23)31(19)22-5-3-2-4-6-22)27(32)29-17-28(11-13-33-14-12-28)21-8-10-25-26(16-21)35-18-34-25/h2-10,15-16H,11-14,17-18H2,1H3,(H,29,32). The van der Waals surface area contributed by atoms with Crippen molar-refractivity contribution in [3.05, 3.63) is 83.7 Å². The molecule has 0 aliphatic carbocycles. The Balaban J connectivity index is 1.25. The lowest BCUT2D eigenvalue weighted by Crippen LogP contribution is -2.44. The lowest BCUT2D eigenvalue weighted by Gasteiger charge is -2.38. The van der Waals surface area contributed by atoms with Crippen LogP contribution in [0.4, 0.5) is 0 Å². The van der Waals surface area contributed by atoms with Crippen molar-refractivity contribution >= 4 is 16.9 Å². The second-order valence-electron chi connectivity index (χ2n) is 9.18. The first-order valence-corrected chi connectivity index (χ1v) is 11.9. The molecule has 2 aliphatic heterocycles. The molecule has 0 saturated carbocycles. The first-order chi connectivity index (χ1) is 17.1. The molecule has 1 saturated heterocycles. The first-order valence-electron chi connectivity index (χ1n) is 11.9. The molecule has 2 aliphatic rings. The Labute approximate surface area is 203 Å². The second-order valence-corrected chi connectivity index (χ2v) is 9.18. The number of nitrogens with one attached hydrogen (secondary N) is 1. The Bertz CT molecular complexity index is 1390. The number of hydrogen-bond donors (Lipinski definition) is 1. The van der Waals surface area contributed by atoms with Gasteiger partial charge in [-0.2, -0.15) is 0 Å². The molecule has 0 atom stereocenters. The summed E-state index contributed by atoms with van der Waals surface area (Å²) in [5.74, 6) is 2.30. The van der Waals surface area contributed by atoms with Crippen molar-refractivity contribution in [1.82, 2.24) is 14.9 Å². The molecule has 3 aromatic carbocycles. The third-order valence-corrected chi connectivity index (χ3v) is 7.12. The van der Waals surface area contributed by atoms with Gasteiger partial charge in [-0.15, -0.1) is 0 Å². The van der Waals surface area contributed by atoms with Gasteiger partial charge >= 0.3 is 0 Å². The van der Waals surface area contributed by atoms with Crippen LogP contribution in [-0.2, 0) is 10.2 Å². The van der Waals surface area contributed by atoms with Crippen LogP contribution in [0.1, 0.15) is 34.6 Å². The smallest absolute Gasteiger partial charge is 0.251 e. The van der Waals surface area contributed by atoms with E-state index in [1.807, 2.05) is 55.5 Å². The topological polar surface area (TPSA) is 74.6 Å². The van der Waals surface area contributed by atoms with Crippen LogP contribution in [0.3, 0.4) is 0 Å². The van der Waals surface area contributed by atoms with Gasteiger partial charge in [-0.3, -0.25) is 9.36 Å². The Morgan fingerprint density at radius 2 is 1.80 bits per heavy atom. The van der Waals surface area contributed by atoms with Crippen molar-refractivity contribution in [2.75, 3.05) is 26.6 Å². The highest BCUT2D eigenvalue weighted by Crippen LogP contribution is 2.40. The summed E-state index contributed by atoms with van der Waals surface area (Å²) in [5.41, 5.74) is 4.35. The number of fused-ring (bicyclic) bond motifs is 2. The van der Waals surface area contributed by atoms with Gasteiger partial charge in [0.25, 0.3) is 5.91 Å². The number of carbonyl (C=O) groups is 1. The van der Waals surface area contributed by atoms with E-state index in [1.54, 1.807) is 0 Å². The van der Waals surface area contributed by atoms with Gasteiger partial charge in [0.2, 0.25) is 6.79 Å². The predicted octanol–water partition coefficient (Wildman–Crippen LogP) is 4.54. The van der Waals surface area contributed by atoms with Gasteiger partial charge in [0.15, 0.2) is 11.5 Å². The zero-order valence-corrected chi connectivity index (χ0v) is 19.6. The largest absolute Gasteiger partial charge is 0.454 e. The average Bonchev–Trinajstić information content (AvgIpc) is 3.50. The van der Waals surface area contributed by atoms with Gasteiger partial charge in [0.1, 0.15) is 5.82 Å². The van der Waals surface area contributed by atoms with Crippen molar-refractivity contribution in [2.24, 2.45) is 0 Å². The van der Waals surface area contributed by atoms with Gasteiger partial charge in [-0.1, -0.05) is 24.3 Å². The number of benzene rings is 3. The van der Waals surface area contributed by atoms with Gasteiger partial charge in [0.05, 0.1) is 11.0 Å². The van der Waals surface area contributed by atoms with E-state index in [9.17, 15) is 4.79 Å². The molecule has 0 spiro atoms. The summed E-state index contributed by atoms with van der Waals surface area (Å²) >= 11 is 0. The van der Waals surface area contributed by atoms with Crippen LogP contribution < -0.4 is 14.8 Å². The number of nitrogens with zero attached hydrogens (tertiary/aromatic N) is 2. The highest BCUT2D eigenvalue weighted by atomic mass is 16.7. The number of aryl methyl sites for hydroxylation is 1. The third-order valence-electron chi connectivity index (χ3n) is 7.12. The third kappa shape index (κ3) is 3.91. The zero-order chi connectivity index (χ0) is 23.8. The second kappa shape index (κ2) is 8.74.